The fourth-order valence-electron chi connectivity index (χ4n) is 2.95. The van der Waals surface area contributed by atoms with Gasteiger partial charge in [-0.05, 0) is 55.6 Å². The molecule has 0 unspecified atom stereocenters. The summed E-state index contributed by atoms with van der Waals surface area (Å²) < 4.78 is 61.7. The Labute approximate surface area is 161 Å². The molecule has 2 aromatic rings. The lowest BCUT2D eigenvalue weighted by molar-refractivity contribution is -0.275. The van der Waals surface area contributed by atoms with Gasteiger partial charge in [-0.3, -0.25) is 0 Å². The first-order chi connectivity index (χ1) is 12.4. The minimum atomic E-state index is -4.83. The molecule has 1 saturated heterocycles. The molecule has 1 aliphatic rings. The van der Waals surface area contributed by atoms with Gasteiger partial charge in [-0.1, -0.05) is 24.3 Å². The van der Waals surface area contributed by atoms with E-state index in [-0.39, 0.29) is 36.2 Å². The normalized spacial score (nSPS) is 15.1. The van der Waals surface area contributed by atoms with E-state index in [0.717, 1.165) is 32.0 Å². The van der Waals surface area contributed by atoms with Crippen molar-refractivity contribution in [2.75, 3.05) is 19.7 Å². The van der Waals surface area contributed by atoms with Crippen LogP contribution in [-0.2, 0) is 0 Å². The molecular weight excluding hydrogens is 386 g/mol. The summed E-state index contributed by atoms with van der Waals surface area (Å²) in [6.07, 6.45) is -3.04. The molecule has 1 heterocycles. The van der Waals surface area contributed by atoms with Gasteiger partial charge >= 0.3 is 6.36 Å². The van der Waals surface area contributed by atoms with Gasteiger partial charge in [0.1, 0.15) is 5.82 Å². The molecule has 0 radical (unpaired) electrons. The van der Waals surface area contributed by atoms with Gasteiger partial charge in [-0.2, -0.15) is 0 Å². The van der Waals surface area contributed by atoms with Crippen molar-refractivity contribution >= 4 is 12.4 Å². The van der Waals surface area contributed by atoms with Crippen LogP contribution in [-0.4, -0.2) is 26.1 Å². The van der Waals surface area contributed by atoms with E-state index in [1.54, 1.807) is 18.2 Å². The summed E-state index contributed by atoms with van der Waals surface area (Å²) in [6.45, 7) is 2.00. The number of nitrogens with one attached hydrogen (secondary N) is 1. The molecule has 0 saturated carbocycles. The number of benzene rings is 2. The van der Waals surface area contributed by atoms with Crippen molar-refractivity contribution in [3.8, 4) is 22.6 Å². The number of ether oxygens (including phenoxy) is 2. The number of alkyl halides is 3. The van der Waals surface area contributed by atoms with E-state index in [1.165, 1.54) is 18.2 Å². The summed E-state index contributed by atoms with van der Waals surface area (Å²) in [5, 5.41) is 3.22. The lowest BCUT2D eigenvalue weighted by atomic mass is 9.99. The first-order valence-corrected chi connectivity index (χ1v) is 8.40. The first kappa shape index (κ1) is 21.3. The van der Waals surface area contributed by atoms with Gasteiger partial charge in [0.2, 0.25) is 0 Å². The minimum absolute atomic E-state index is 0. The number of hydrogen-bond donors (Lipinski definition) is 1. The van der Waals surface area contributed by atoms with Crippen molar-refractivity contribution < 1.29 is 27.0 Å². The fraction of sp³-hybridized carbons (Fsp3) is 0.368. The van der Waals surface area contributed by atoms with Crippen molar-refractivity contribution in [1.29, 1.82) is 0 Å². The Balaban J connectivity index is 0.00000261. The predicted molar refractivity (Wildman–Crippen MR) is 96.9 cm³/mol. The number of rotatable bonds is 5. The predicted octanol–water partition coefficient (Wildman–Crippen LogP) is 5.19. The van der Waals surface area contributed by atoms with E-state index in [1.807, 2.05) is 0 Å². The van der Waals surface area contributed by atoms with Crippen molar-refractivity contribution in [2.24, 2.45) is 5.92 Å². The van der Waals surface area contributed by atoms with Crippen LogP contribution in [0.4, 0.5) is 17.6 Å². The third kappa shape index (κ3) is 6.01. The summed E-state index contributed by atoms with van der Waals surface area (Å²) >= 11 is 0. The second-order valence-corrected chi connectivity index (χ2v) is 6.19. The molecule has 8 heteroatoms. The monoisotopic (exact) mass is 405 g/mol. The molecule has 27 heavy (non-hydrogen) atoms. The van der Waals surface area contributed by atoms with Crippen LogP contribution in [0.15, 0.2) is 42.5 Å². The van der Waals surface area contributed by atoms with Crippen LogP contribution in [0.2, 0.25) is 0 Å². The van der Waals surface area contributed by atoms with Gasteiger partial charge in [0.05, 0.1) is 6.61 Å². The summed E-state index contributed by atoms with van der Waals surface area (Å²) in [5.41, 5.74) is 0.718. The standard InChI is InChI=1S/C19H19F4NO2.ClH/c20-16-4-2-1-3-15(16)14-5-6-17(26-19(21,22)23)18(11-14)25-12-13-7-9-24-10-8-13;/h1-6,11,13,24H,7-10,12H2;1H. The molecule has 0 aliphatic carbocycles. The van der Waals surface area contributed by atoms with Gasteiger partial charge in [0.15, 0.2) is 11.5 Å². The van der Waals surface area contributed by atoms with Crippen LogP contribution in [0.5, 0.6) is 11.5 Å². The molecule has 0 aromatic heterocycles. The molecule has 3 nitrogen and oxygen atoms in total. The van der Waals surface area contributed by atoms with Crippen LogP contribution < -0.4 is 14.8 Å². The first-order valence-electron chi connectivity index (χ1n) is 8.40. The topological polar surface area (TPSA) is 30.5 Å². The summed E-state index contributed by atoms with van der Waals surface area (Å²) in [5.74, 6) is -0.665. The molecule has 0 spiro atoms. The van der Waals surface area contributed by atoms with Crippen molar-refractivity contribution in [3.63, 3.8) is 0 Å². The van der Waals surface area contributed by atoms with Gasteiger partial charge < -0.3 is 14.8 Å². The Bertz CT molecular complexity index is 749. The maximum absolute atomic E-state index is 14.0. The fourth-order valence-corrected chi connectivity index (χ4v) is 2.95. The minimum Gasteiger partial charge on any atom is -0.489 e. The van der Waals surface area contributed by atoms with E-state index in [2.05, 4.69) is 10.1 Å². The van der Waals surface area contributed by atoms with Gasteiger partial charge in [0.25, 0.3) is 0 Å². The Hall–Kier alpha value is -1.99. The highest BCUT2D eigenvalue weighted by Gasteiger charge is 2.32. The van der Waals surface area contributed by atoms with E-state index >= 15 is 0 Å². The highest BCUT2D eigenvalue weighted by molar-refractivity contribution is 5.85. The molecule has 3 rings (SSSR count). The SMILES string of the molecule is Cl.Fc1ccccc1-c1ccc(OC(F)(F)F)c(OCC2CCNCC2)c1. The van der Waals surface area contributed by atoms with Crippen molar-refractivity contribution in [2.45, 2.75) is 19.2 Å². The second-order valence-electron chi connectivity index (χ2n) is 6.19. The zero-order valence-electron chi connectivity index (χ0n) is 14.4. The Kier molecular flexibility index (Phi) is 7.33. The zero-order chi connectivity index (χ0) is 18.6. The van der Waals surface area contributed by atoms with Gasteiger partial charge in [-0.15, -0.1) is 25.6 Å². The largest absolute Gasteiger partial charge is 0.573 e. The van der Waals surface area contributed by atoms with Crippen LogP contribution in [0.3, 0.4) is 0 Å². The highest BCUT2D eigenvalue weighted by Crippen LogP contribution is 2.37. The van der Waals surface area contributed by atoms with E-state index in [9.17, 15) is 17.6 Å². The molecule has 1 N–H and O–H groups in total. The quantitative estimate of drug-likeness (QED) is 0.694. The van der Waals surface area contributed by atoms with E-state index < -0.39 is 17.9 Å². The van der Waals surface area contributed by atoms with Crippen LogP contribution >= 0.6 is 12.4 Å². The average Bonchev–Trinajstić information content (AvgIpc) is 2.61. The average molecular weight is 406 g/mol. The molecule has 1 fully saturated rings. The van der Waals surface area contributed by atoms with Crippen molar-refractivity contribution in [1.82, 2.24) is 5.32 Å². The molecule has 0 atom stereocenters. The maximum atomic E-state index is 14.0. The van der Waals surface area contributed by atoms with E-state index in [0.29, 0.717) is 5.56 Å². The Morgan fingerprint density at radius 1 is 1.00 bits per heavy atom. The summed E-state index contributed by atoms with van der Waals surface area (Å²) in [4.78, 5) is 0. The molecule has 1 aliphatic heterocycles. The lowest BCUT2D eigenvalue weighted by Crippen LogP contribution is -2.30. The lowest BCUT2D eigenvalue weighted by Gasteiger charge is -2.23. The third-order valence-corrected chi connectivity index (χ3v) is 4.29. The molecular formula is C19H20ClF4NO2. The molecule has 0 bridgehead atoms. The third-order valence-electron chi connectivity index (χ3n) is 4.29. The van der Waals surface area contributed by atoms with Crippen LogP contribution in [0.1, 0.15) is 12.8 Å². The molecule has 0 amide bonds. The Morgan fingerprint density at radius 2 is 1.70 bits per heavy atom. The second kappa shape index (κ2) is 9.28. The Morgan fingerprint density at radius 3 is 2.37 bits per heavy atom. The zero-order valence-corrected chi connectivity index (χ0v) is 15.2. The molecule has 2 aromatic carbocycles. The van der Waals surface area contributed by atoms with Gasteiger partial charge in [-0.25, -0.2) is 4.39 Å². The molecule has 148 valence electrons. The van der Waals surface area contributed by atoms with Crippen LogP contribution in [0.25, 0.3) is 11.1 Å². The van der Waals surface area contributed by atoms with Gasteiger partial charge in [0, 0.05) is 5.56 Å². The maximum Gasteiger partial charge on any atom is 0.573 e. The summed E-state index contributed by atoms with van der Waals surface area (Å²) in [7, 11) is 0. The number of halogens is 5. The van der Waals surface area contributed by atoms with Crippen molar-refractivity contribution in [3.05, 3.63) is 48.3 Å². The summed E-state index contributed by atoms with van der Waals surface area (Å²) in [6, 6.07) is 10.0. The highest BCUT2D eigenvalue weighted by atomic mass is 35.5. The van der Waals surface area contributed by atoms with E-state index in [4.69, 9.17) is 4.74 Å². The smallest absolute Gasteiger partial charge is 0.489 e. The number of hydrogen-bond acceptors (Lipinski definition) is 3. The number of piperidine rings is 1. The van der Waals surface area contributed by atoms with Crippen LogP contribution in [0, 0.1) is 11.7 Å².